The predicted molar refractivity (Wildman–Crippen MR) is 68.6 cm³/mol. The zero-order chi connectivity index (χ0) is 11.7. The van der Waals surface area contributed by atoms with Crippen molar-refractivity contribution in [3.63, 3.8) is 0 Å². The highest BCUT2D eigenvalue weighted by Crippen LogP contribution is 2.27. The van der Waals surface area contributed by atoms with Crippen LogP contribution in [-0.2, 0) is 0 Å². The first-order valence-corrected chi connectivity index (χ1v) is 5.80. The van der Waals surface area contributed by atoms with Crippen molar-refractivity contribution in [3.05, 3.63) is 30.5 Å². The normalized spacial score (nSPS) is 15.5. The Bertz CT molecular complexity index is 559. The van der Waals surface area contributed by atoms with Gasteiger partial charge < -0.3 is 14.6 Å². The Morgan fingerprint density at radius 1 is 1.35 bits per heavy atom. The van der Waals surface area contributed by atoms with E-state index < -0.39 is 0 Å². The maximum atomic E-state index is 5.18. The van der Waals surface area contributed by atoms with Crippen LogP contribution < -0.4 is 9.64 Å². The number of methoxy groups -OCH3 is 1. The van der Waals surface area contributed by atoms with E-state index in [2.05, 4.69) is 27.0 Å². The molecule has 0 spiro atoms. The SMILES string of the molecule is COc1ccc2[nH]cc(N3CC=CCC3)c2n1. The summed E-state index contributed by atoms with van der Waals surface area (Å²) in [5.41, 5.74) is 3.19. The van der Waals surface area contributed by atoms with Gasteiger partial charge in [0.25, 0.3) is 0 Å². The fraction of sp³-hybridized carbons (Fsp3) is 0.308. The first-order chi connectivity index (χ1) is 8.38. The van der Waals surface area contributed by atoms with Gasteiger partial charge in [-0.05, 0) is 12.5 Å². The van der Waals surface area contributed by atoms with Crippen LogP contribution in [0.25, 0.3) is 11.0 Å². The van der Waals surface area contributed by atoms with Crippen LogP contribution in [0.1, 0.15) is 6.42 Å². The van der Waals surface area contributed by atoms with Crippen molar-refractivity contribution >= 4 is 16.7 Å². The van der Waals surface area contributed by atoms with Gasteiger partial charge in [-0.2, -0.15) is 0 Å². The molecule has 3 rings (SSSR count). The van der Waals surface area contributed by atoms with E-state index in [1.807, 2.05) is 18.3 Å². The second kappa shape index (κ2) is 4.13. The molecular formula is C13H15N3O. The van der Waals surface area contributed by atoms with E-state index in [-0.39, 0.29) is 0 Å². The molecule has 4 nitrogen and oxygen atoms in total. The van der Waals surface area contributed by atoms with E-state index in [4.69, 9.17) is 4.74 Å². The lowest BCUT2D eigenvalue weighted by Gasteiger charge is -2.24. The number of ether oxygens (including phenoxy) is 1. The van der Waals surface area contributed by atoms with E-state index >= 15 is 0 Å². The number of fused-ring (bicyclic) bond motifs is 1. The molecule has 0 saturated heterocycles. The van der Waals surface area contributed by atoms with Crippen molar-refractivity contribution in [3.8, 4) is 5.88 Å². The molecule has 0 unspecified atom stereocenters. The first-order valence-electron chi connectivity index (χ1n) is 5.80. The molecule has 88 valence electrons. The second-order valence-electron chi connectivity index (χ2n) is 4.13. The minimum atomic E-state index is 0.658. The van der Waals surface area contributed by atoms with Crippen LogP contribution in [0.2, 0.25) is 0 Å². The van der Waals surface area contributed by atoms with Gasteiger partial charge in [0.2, 0.25) is 5.88 Å². The number of aromatic nitrogens is 2. The van der Waals surface area contributed by atoms with E-state index in [9.17, 15) is 0 Å². The van der Waals surface area contributed by atoms with Crippen LogP contribution in [0.3, 0.4) is 0 Å². The fourth-order valence-electron chi connectivity index (χ4n) is 2.18. The van der Waals surface area contributed by atoms with Crippen LogP contribution in [0.5, 0.6) is 5.88 Å². The van der Waals surface area contributed by atoms with Gasteiger partial charge in [-0.25, -0.2) is 4.98 Å². The lowest BCUT2D eigenvalue weighted by atomic mass is 10.2. The van der Waals surface area contributed by atoms with Crippen molar-refractivity contribution in [2.24, 2.45) is 0 Å². The Kier molecular flexibility index (Phi) is 2.48. The minimum Gasteiger partial charge on any atom is -0.481 e. The number of hydrogen-bond acceptors (Lipinski definition) is 3. The monoisotopic (exact) mass is 229 g/mol. The van der Waals surface area contributed by atoms with E-state index in [0.717, 1.165) is 36.2 Å². The lowest BCUT2D eigenvalue weighted by Crippen LogP contribution is -2.26. The molecule has 0 radical (unpaired) electrons. The number of anilines is 1. The smallest absolute Gasteiger partial charge is 0.213 e. The van der Waals surface area contributed by atoms with Gasteiger partial charge in [-0.15, -0.1) is 0 Å². The highest BCUT2D eigenvalue weighted by atomic mass is 16.5. The third-order valence-electron chi connectivity index (χ3n) is 3.08. The van der Waals surface area contributed by atoms with Gasteiger partial charge in [0, 0.05) is 25.4 Å². The quantitative estimate of drug-likeness (QED) is 0.804. The number of pyridine rings is 1. The molecule has 4 heteroatoms. The summed E-state index contributed by atoms with van der Waals surface area (Å²) in [6.45, 7) is 1.99. The van der Waals surface area contributed by atoms with Crippen molar-refractivity contribution in [1.82, 2.24) is 9.97 Å². The Morgan fingerprint density at radius 3 is 3.06 bits per heavy atom. The number of H-pyrrole nitrogens is 1. The highest BCUT2D eigenvalue weighted by molar-refractivity contribution is 5.89. The van der Waals surface area contributed by atoms with Crippen LogP contribution in [0.4, 0.5) is 5.69 Å². The molecule has 0 amide bonds. The molecule has 0 bridgehead atoms. The first kappa shape index (κ1) is 10.2. The van der Waals surface area contributed by atoms with E-state index in [1.54, 1.807) is 7.11 Å². The standard InChI is InChI=1S/C13H15N3O/c1-17-12-6-5-10-13(15-12)11(9-14-10)16-7-3-2-4-8-16/h2-3,5-6,9,14H,4,7-8H2,1H3. The maximum Gasteiger partial charge on any atom is 0.213 e. The summed E-state index contributed by atoms with van der Waals surface area (Å²) in [4.78, 5) is 10.1. The molecule has 2 aromatic heterocycles. The topological polar surface area (TPSA) is 41.1 Å². The van der Waals surface area contributed by atoms with Gasteiger partial charge in [-0.1, -0.05) is 12.2 Å². The summed E-state index contributed by atoms with van der Waals surface area (Å²) in [5, 5.41) is 0. The number of hydrogen-bond donors (Lipinski definition) is 1. The zero-order valence-electron chi connectivity index (χ0n) is 9.81. The van der Waals surface area contributed by atoms with Gasteiger partial charge in [0.1, 0.15) is 5.52 Å². The molecule has 17 heavy (non-hydrogen) atoms. The highest BCUT2D eigenvalue weighted by Gasteiger charge is 2.13. The average molecular weight is 229 g/mol. The number of nitrogens with one attached hydrogen (secondary N) is 1. The van der Waals surface area contributed by atoms with Gasteiger partial charge in [-0.3, -0.25) is 0 Å². The molecule has 1 aliphatic heterocycles. The van der Waals surface area contributed by atoms with Crippen molar-refractivity contribution in [2.75, 3.05) is 25.1 Å². The molecule has 0 aromatic carbocycles. The van der Waals surface area contributed by atoms with Crippen molar-refractivity contribution < 1.29 is 4.74 Å². The molecule has 0 atom stereocenters. The summed E-state index contributed by atoms with van der Waals surface area (Å²) in [6.07, 6.45) is 7.54. The second-order valence-corrected chi connectivity index (χ2v) is 4.13. The number of nitrogens with zero attached hydrogens (tertiary/aromatic N) is 2. The molecule has 0 aliphatic carbocycles. The molecule has 1 aliphatic rings. The summed E-state index contributed by atoms with van der Waals surface area (Å²) in [6, 6.07) is 3.88. The Balaban J connectivity index is 2.06. The third-order valence-corrected chi connectivity index (χ3v) is 3.08. The van der Waals surface area contributed by atoms with Crippen LogP contribution in [0.15, 0.2) is 30.5 Å². The largest absolute Gasteiger partial charge is 0.481 e. The van der Waals surface area contributed by atoms with E-state index in [0.29, 0.717) is 5.88 Å². The summed E-state index contributed by atoms with van der Waals surface area (Å²) >= 11 is 0. The van der Waals surface area contributed by atoms with Crippen LogP contribution in [0, 0.1) is 0 Å². The molecule has 3 heterocycles. The summed E-state index contributed by atoms with van der Waals surface area (Å²) in [7, 11) is 1.64. The molecule has 0 saturated carbocycles. The van der Waals surface area contributed by atoms with E-state index in [1.165, 1.54) is 0 Å². The van der Waals surface area contributed by atoms with Gasteiger partial charge >= 0.3 is 0 Å². The number of rotatable bonds is 2. The third kappa shape index (κ3) is 1.75. The zero-order valence-corrected chi connectivity index (χ0v) is 9.81. The lowest BCUT2D eigenvalue weighted by molar-refractivity contribution is 0.399. The summed E-state index contributed by atoms with van der Waals surface area (Å²) in [5.74, 6) is 0.658. The predicted octanol–water partition coefficient (Wildman–Crippen LogP) is 2.34. The van der Waals surface area contributed by atoms with Gasteiger partial charge in [0.15, 0.2) is 0 Å². The Labute approximate surface area is 99.9 Å². The molecular weight excluding hydrogens is 214 g/mol. The Hall–Kier alpha value is -1.97. The maximum absolute atomic E-state index is 5.18. The summed E-state index contributed by atoms with van der Waals surface area (Å²) < 4.78 is 5.18. The Morgan fingerprint density at radius 2 is 2.29 bits per heavy atom. The van der Waals surface area contributed by atoms with Crippen LogP contribution >= 0.6 is 0 Å². The van der Waals surface area contributed by atoms with Crippen LogP contribution in [-0.4, -0.2) is 30.2 Å². The molecule has 0 fully saturated rings. The van der Waals surface area contributed by atoms with Crippen molar-refractivity contribution in [2.45, 2.75) is 6.42 Å². The molecule has 2 aromatic rings. The average Bonchev–Trinajstić information content (AvgIpc) is 2.82. The molecule has 1 N–H and O–H groups in total. The minimum absolute atomic E-state index is 0.658. The van der Waals surface area contributed by atoms with Gasteiger partial charge in [0.05, 0.1) is 18.3 Å². The number of aromatic amines is 1. The fourth-order valence-corrected chi connectivity index (χ4v) is 2.18. The van der Waals surface area contributed by atoms with Crippen molar-refractivity contribution in [1.29, 1.82) is 0 Å².